The molecule has 29 heavy (non-hydrogen) atoms. The number of benzene rings is 2. The van der Waals surface area contributed by atoms with E-state index in [0.717, 1.165) is 34.2 Å². The van der Waals surface area contributed by atoms with E-state index in [4.69, 9.17) is 4.74 Å². The van der Waals surface area contributed by atoms with Crippen molar-refractivity contribution in [2.75, 3.05) is 13.2 Å². The molecule has 0 unspecified atom stereocenters. The second-order valence-corrected chi connectivity index (χ2v) is 9.24. The Morgan fingerprint density at radius 2 is 1.97 bits per heavy atom. The maximum absolute atomic E-state index is 12.7. The molecule has 1 fully saturated rings. The topological polar surface area (TPSA) is 66.8 Å². The molecule has 7 heteroatoms. The van der Waals surface area contributed by atoms with E-state index in [-0.39, 0.29) is 30.0 Å². The van der Waals surface area contributed by atoms with Gasteiger partial charge in [0, 0.05) is 0 Å². The molecule has 152 valence electrons. The number of phenols is 1. The Morgan fingerprint density at radius 1 is 1.21 bits per heavy atom. The van der Waals surface area contributed by atoms with E-state index in [2.05, 4.69) is 19.9 Å². The van der Waals surface area contributed by atoms with Gasteiger partial charge in [-0.3, -0.25) is 14.5 Å². The van der Waals surface area contributed by atoms with Crippen molar-refractivity contribution < 1.29 is 19.4 Å². The number of phenolic OH excluding ortho intramolecular Hbond substituents is 1. The lowest BCUT2D eigenvalue weighted by molar-refractivity contribution is -0.123. The molecule has 5 nitrogen and oxygen atoms in total. The molecule has 1 aliphatic rings. The van der Waals surface area contributed by atoms with E-state index in [1.807, 2.05) is 41.6 Å². The molecule has 0 saturated carbocycles. The maximum atomic E-state index is 12.7. The number of thioether (sulfide) groups is 1. The van der Waals surface area contributed by atoms with Gasteiger partial charge in [0.2, 0.25) is 0 Å². The second-order valence-electron chi connectivity index (χ2n) is 7.09. The highest BCUT2D eigenvalue weighted by Crippen LogP contribution is 2.33. The van der Waals surface area contributed by atoms with Crippen LogP contribution in [0.25, 0.3) is 6.08 Å². The maximum Gasteiger partial charge on any atom is 0.293 e. The predicted octanol–water partition coefficient (Wildman–Crippen LogP) is 5.54. The molecule has 0 spiro atoms. The Morgan fingerprint density at radius 3 is 2.66 bits per heavy atom. The highest BCUT2D eigenvalue weighted by atomic mass is 127. The molecule has 0 aromatic heterocycles. The normalized spacial score (nSPS) is 15.6. The summed E-state index contributed by atoms with van der Waals surface area (Å²) in [5.41, 5.74) is 2.96. The molecule has 1 aliphatic heterocycles. The number of aryl methyl sites for hydroxylation is 1. The van der Waals surface area contributed by atoms with Gasteiger partial charge in [-0.1, -0.05) is 32.0 Å². The standard InChI is InChI=1S/C22H22INO4S/c1-13(2)16-6-4-14(3)10-19(16)28-9-8-24-21(26)20(29-22(24)27)12-15-5-7-18(25)17(23)11-15/h4-7,10-13,25H,8-9H2,1-3H3/b20-12-. The summed E-state index contributed by atoms with van der Waals surface area (Å²) in [5, 5.41) is 9.33. The van der Waals surface area contributed by atoms with Crippen molar-refractivity contribution in [1.29, 1.82) is 0 Å². The van der Waals surface area contributed by atoms with Gasteiger partial charge in [-0.15, -0.1) is 0 Å². The molecule has 1 saturated heterocycles. The third kappa shape index (κ3) is 5.14. The van der Waals surface area contributed by atoms with Crippen LogP contribution in [0.4, 0.5) is 4.79 Å². The van der Waals surface area contributed by atoms with Crippen LogP contribution in [-0.2, 0) is 4.79 Å². The third-order valence-electron chi connectivity index (χ3n) is 4.51. The highest BCUT2D eigenvalue weighted by molar-refractivity contribution is 14.1. The third-order valence-corrected chi connectivity index (χ3v) is 6.28. The first-order valence-corrected chi connectivity index (χ1v) is 11.1. The number of hydrogen-bond acceptors (Lipinski definition) is 5. The van der Waals surface area contributed by atoms with E-state index >= 15 is 0 Å². The SMILES string of the molecule is Cc1ccc(C(C)C)c(OCCN2C(=O)S/C(=C\c3ccc(O)c(I)c3)C2=O)c1. The molecule has 2 aromatic carbocycles. The fourth-order valence-electron chi connectivity index (χ4n) is 2.95. The Bertz CT molecular complexity index is 987. The summed E-state index contributed by atoms with van der Waals surface area (Å²) >= 11 is 2.94. The summed E-state index contributed by atoms with van der Waals surface area (Å²) < 4.78 is 6.60. The van der Waals surface area contributed by atoms with Crippen LogP contribution >= 0.6 is 34.4 Å². The van der Waals surface area contributed by atoms with Gasteiger partial charge in [0.15, 0.2) is 0 Å². The average Bonchev–Trinajstić information content (AvgIpc) is 2.92. The van der Waals surface area contributed by atoms with Gasteiger partial charge < -0.3 is 9.84 Å². The first kappa shape index (κ1) is 21.7. The van der Waals surface area contributed by atoms with Gasteiger partial charge in [-0.2, -0.15) is 0 Å². The number of hydrogen-bond donors (Lipinski definition) is 1. The molecule has 1 N–H and O–H groups in total. The van der Waals surface area contributed by atoms with Crippen LogP contribution in [-0.4, -0.2) is 34.3 Å². The molecule has 0 atom stereocenters. The van der Waals surface area contributed by atoms with Crippen LogP contribution in [0.15, 0.2) is 41.3 Å². The highest BCUT2D eigenvalue weighted by Gasteiger charge is 2.34. The van der Waals surface area contributed by atoms with E-state index in [0.29, 0.717) is 14.4 Å². The van der Waals surface area contributed by atoms with Crippen molar-refractivity contribution in [3.63, 3.8) is 0 Å². The lowest BCUT2D eigenvalue weighted by atomic mass is 10.0. The Hall–Kier alpha value is -2.00. The fraction of sp³-hybridized carbons (Fsp3) is 0.273. The van der Waals surface area contributed by atoms with Crippen LogP contribution in [0, 0.1) is 10.5 Å². The van der Waals surface area contributed by atoms with Crippen molar-refractivity contribution >= 4 is 51.6 Å². The summed E-state index contributed by atoms with van der Waals surface area (Å²) in [5.74, 6) is 0.977. The molecule has 3 rings (SSSR count). The van der Waals surface area contributed by atoms with Crippen molar-refractivity contribution in [3.8, 4) is 11.5 Å². The fourth-order valence-corrected chi connectivity index (χ4v) is 4.35. The second kappa shape index (κ2) is 9.21. The van der Waals surface area contributed by atoms with Crippen LogP contribution in [0.2, 0.25) is 0 Å². The van der Waals surface area contributed by atoms with Gasteiger partial charge in [-0.25, -0.2) is 0 Å². The number of ether oxygens (including phenoxy) is 1. The zero-order chi connectivity index (χ0) is 21.1. The largest absolute Gasteiger partial charge is 0.507 e. The van der Waals surface area contributed by atoms with Crippen LogP contribution in [0.5, 0.6) is 11.5 Å². The average molecular weight is 523 g/mol. The first-order chi connectivity index (χ1) is 13.8. The van der Waals surface area contributed by atoms with E-state index < -0.39 is 0 Å². The van der Waals surface area contributed by atoms with Gasteiger partial charge in [0.25, 0.3) is 11.1 Å². The number of aromatic hydroxyl groups is 1. The Kier molecular flexibility index (Phi) is 6.89. The number of rotatable bonds is 6. The lowest BCUT2D eigenvalue weighted by Crippen LogP contribution is -2.32. The number of imide groups is 1. The number of amides is 2. The molecule has 2 aromatic rings. The van der Waals surface area contributed by atoms with Crippen molar-refractivity contribution in [2.45, 2.75) is 26.7 Å². The summed E-state index contributed by atoms with van der Waals surface area (Å²) in [6.07, 6.45) is 1.67. The van der Waals surface area contributed by atoms with Gasteiger partial charge in [-0.05, 0) is 88.2 Å². The molecular weight excluding hydrogens is 501 g/mol. The molecule has 2 amide bonds. The minimum Gasteiger partial charge on any atom is -0.507 e. The van der Waals surface area contributed by atoms with Crippen LogP contribution in [0.3, 0.4) is 0 Å². The summed E-state index contributed by atoms with van der Waals surface area (Å²) in [6, 6.07) is 11.1. The molecule has 0 radical (unpaired) electrons. The summed E-state index contributed by atoms with van der Waals surface area (Å²) in [4.78, 5) is 26.5. The molecular formula is C22H22INO4S. The zero-order valence-electron chi connectivity index (χ0n) is 16.4. The van der Waals surface area contributed by atoms with Crippen LogP contribution < -0.4 is 4.74 Å². The smallest absolute Gasteiger partial charge is 0.293 e. The molecule has 0 aliphatic carbocycles. The van der Waals surface area contributed by atoms with E-state index in [1.165, 1.54) is 4.90 Å². The predicted molar refractivity (Wildman–Crippen MR) is 124 cm³/mol. The Labute approximate surface area is 188 Å². The number of halogens is 1. The van der Waals surface area contributed by atoms with E-state index in [1.54, 1.807) is 24.3 Å². The summed E-state index contributed by atoms with van der Waals surface area (Å²) in [6.45, 7) is 6.64. The zero-order valence-corrected chi connectivity index (χ0v) is 19.4. The van der Waals surface area contributed by atoms with E-state index in [9.17, 15) is 14.7 Å². The van der Waals surface area contributed by atoms with Crippen molar-refractivity contribution in [3.05, 3.63) is 61.6 Å². The van der Waals surface area contributed by atoms with Crippen LogP contribution in [0.1, 0.15) is 36.5 Å². The van der Waals surface area contributed by atoms with Crippen molar-refractivity contribution in [1.82, 2.24) is 4.90 Å². The number of carbonyl (C=O) groups excluding carboxylic acids is 2. The van der Waals surface area contributed by atoms with Crippen molar-refractivity contribution in [2.24, 2.45) is 0 Å². The van der Waals surface area contributed by atoms with Gasteiger partial charge in [0.05, 0.1) is 15.0 Å². The number of nitrogens with zero attached hydrogens (tertiary/aromatic N) is 1. The minimum atomic E-state index is -0.319. The molecule has 1 heterocycles. The number of carbonyl (C=O) groups is 2. The first-order valence-electron chi connectivity index (χ1n) is 9.23. The molecule has 0 bridgehead atoms. The van der Waals surface area contributed by atoms with Gasteiger partial charge >= 0.3 is 0 Å². The Balaban J connectivity index is 1.67. The lowest BCUT2D eigenvalue weighted by Gasteiger charge is -2.17. The van der Waals surface area contributed by atoms with Gasteiger partial charge in [0.1, 0.15) is 18.1 Å². The summed E-state index contributed by atoms with van der Waals surface area (Å²) in [7, 11) is 0. The minimum absolute atomic E-state index is 0.185. The monoisotopic (exact) mass is 523 g/mol. The quantitative estimate of drug-likeness (QED) is 0.398.